The van der Waals surface area contributed by atoms with Crippen LogP contribution in [0, 0.1) is 11.8 Å². The normalized spacial score (nSPS) is 17.7. The summed E-state index contributed by atoms with van der Waals surface area (Å²) in [6.45, 7) is 10.1. The summed E-state index contributed by atoms with van der Waals surface area (Å²) in [5.41, 5.74) is 8.30. The molecule has 0 spiro atoms. The predicted octanol–water partition coefficient (Wildman–Crippen LogP) is 8.85. The molecule has 190 valence electrons. The Balaban J connectivity index is 1.71. The number of benzene rings is 4. The fraction of sp³-hybridized carbons (Fsp3) is 0.314. The van der Waals surface area contributed by atoms with Gasteiger partial charge in [-0.1, -0.05) is 125 Å². The van der Waals surface area contributed by atoms with Crippen LogP contribution >= 0.6 is 0 Å². The third kappa shape index (κ3) is 5.44. The second-order valence-electron chi connectivity index (χ2n) is 11.2. The van der Waals surface area contributed by atoms with Crippen LogP contribution in [0.5, 0.6) is 0 Å². The number of anilines is 2. The van der Waals surface area contributed by atoms with Crippen molar-refractivity contribution in [1.82, 2.24) is 0 Å². The lowest BCUT2D eigenvalue weighted by atomic mass is 9.91. The van der Waals surface area contributed by atoms with Crippen molar-refractivity contribution in [3.05, 3.63) is 131 Å². The molecule has 4 aromatic rings. The molecule has 2 heteroatoms. The zero-order valence-electron chi connectivity index (χ0n) is 22.7. The van der Waals surface area contributed by atoms with Gasteiger partial charge in [-0.05, 0) is 59.1 Å². The van der Waals surface area contributed by atoms with Crippen molar-refractivity contribution in [2.45, 2.75) is 52.6 Å². The maximum atomic E-state index is 2.66. The van der Waals surface area contributed by atoms with Gasteiger partial charge in [0, 0.05) is 11.4 Å². The van der Waals surface area contributed by atoms with E-state index in [-0.39, 0.29) is 12.1 Å². The molecule has 0 bridgehead atoms. The van der Waals surface area contributed by atoms with Crippen molar-refractivity contribution < 1.29 is 0 Å². The van der Waals surface area contributed by atoms with Crippen molar-refractivity contribution in [2.24, 2.45) is 11.8 Å². The van der Waals surface area contributed by atoms with Gasteiger partial charge >= 0.3 is 0 Å². The number of hydrogen-bond acceptors (Lipinski definition) is 2. The maximum Gasteiger partial charge on any atom is 0.0917 e. The quantitative estimate of drug-likeness (QED) is 0.244. The number of rotatable bonds is 8. The van der Waals surface area contributed by atoms with E-state index in [0.717, 1.165) is 19.5 Å². The van der Waals surface area contributed by atoms with Gasteiger partial charge in [-0.3, -0.25) is 0 Å². The first-order valence-corrected chi connectivity index (χ1v) is 13.8. The average Bonchev–Trinajstić information content (AvgIpc) is 3.30. The summed E-state index contributed by atoms with van der Waals surface area (Å²) in [4.78, 5) is 5.33. The number of para-hydroxylation sites is 2. The van der Waals surface area contributed by atoms with Gasteiger partial charge < -0.3 is 9.80 Å². The topological polar surface area (TPSA) is 6.48 Å². The van der Waals surface area contributed by atoms with E-state index in [2.05, 4.69) is 147 Å². The molecule has 1 aliphatic rings. The smallest absolute Gasteiger partial charge is 0.0917 e. The summed E-state index contributed by atoms with van der Waals surface area (Å²) in [5, 5.41) is 0. The van der Waals surface area contributed by atoms with Crippen LogP contribution in [0.4, 0.5) is 11.4 Å². The molecule has 2 atom stereocenters. The molecule has 1 fully saturated rings. The first-order chi connectivity index (χ1) is 18.0. The maximum absolute atomic E-state index is 2.66. The Hall–Kier alpha value is -3.52. The second-order valence-corrected chi connectivity index (χ2v) is 11.2. The minimum atomic E-state index is 0.198. The first kappa shape index (κ1) is 25.1. The van der Waals surface area contributed by atoms with Crippen LogP contribution in [0.2, 0.25) is 0 Å². The van der Waals surface area contributed by atoms with Gasteiger partial charge in [-0.25, -0.2) is 0 Å². The molecular weight excluding hydrogens is 448 g/mol. The Labute approximate surface area is 223 Å². The lowest BCUT2D eigenvalue weighted by Gasteiger charge is -2.32. The van der Waals surface area contributed by atoms with Crippen LogP contribution in [-0.2, 0) is 12.8 Å². The molecule has 0 radical (unpaired) electrons. The Kier molecular flexibility index (Phi) is 7.65. The van der Waals surface area contributed by atoms with E-state index in [4.69, 9.17) is 0 Å². The molecule has 0 amide bonds. The molecule has 1 heterocycles. The number of nitrogens with zero attached hydrogens (tertiary/aromatic N) is 2. The largest absolute Gasteiger partial charge is 0.344 e. The molecule has 0 N–H and O–H groups in total. The molecule has 0 aromatic heterocycles. The lowest BCUT2D eigenvalue weighted by Crippen LogP contribution is -2.28. The molecule has 0 unspecified atom stereocenters. The van der Waals surface area contributed by atoms with E-state index < -0.39 is 0 Å². The van der Waals surface area contributed by atoms with Crippen LogP contribution in [-0.4, -0.2) is 6.67 Å². The highest BCUT2D eigenvalue weighted by Gasteiger charge is 2.43. The third-order valence-electron chi connectivity index (χ3n) is 7.42. The van der Waals surface area contributed by atoms with Crippen LogP contribution < -0.4 is 9.80 Å². The first-order valence-electron chi connectivity index (χ1n) is 13.8. The van der Waals surface area contributed by atoms with Gasteiger partial charge in [0.15, 0.2) is 0 Å². The van der Waals surface area contributed by atoms with E-state index in [9.17, 15) is 0 Å². The van der Waals surface area contributed by atoms with Crippen LogP contribution in [0.1, 0.15) is 62.0 Å². The van der Waals surface area contributed by atoms with Crippen molar-refractivity contribution in [3.63, 3.8) is 0 Å². The third-order valence-corrected chi connectivity index (χ3v) is 7.42. The van der Waals surface area contributed by atoms with E-state index in [1.807, 2.05) is 0 Å². The van der Waals surface area contributed by atoms with Gasteiger partial charge in [0.05, 0.1) is 18.8 Å². The summed E-state index contributed by atoms with van der Waals surface area (Å²) >= 11 is 0. The molecule has 37 heavy (non-hydrogen) atoms. The van der Waals surface area contributed by atoms with Crippen molar-refractivity contribution in [1.29, 1.82) is 0 Å². The van der Waals surface area contributed by atoms with Gasteiger partial charge in [-0.15, -0.1) is 0 Å². The highest BCUT2D eigenvalue weighted by molar-refractivity contribution is 5.65. The van der Waals surface area contributed by atoms with Crippen LogP contribution in [0.15, 0.2) is 109 Å². The summed E-state index contributed by atoms with van der Waals surface area (Å²) < 4.78 is 0. The molecule has 1 aliphatic heterocycles. The van der Waals surface area contributed by atoms with E-state index in [0.29, 0.717) is 11.8 Å². The highest BCUT2D eigenvalue weighted by Crippen LogP contribution is 2.49. The molecule has 0 aliphatic carbocycles. The van der Waals surface area contributed by atoms with Gasteiger partial charge in [0.2, 0.25) is 0 Å². The highest BCUT2D eigenvalue weighted by atomic mass is 15.4. The summed E-state index contributed by atoms with van der Waals surface area (Å²) in [5.74, 6) is 1.21. The van der Waals surface area contributed by atoms with Crippen LogP contribution in [0.25, 0.3) is 0 Å². The summed E-state index contributed by atoms with van der Waals surface area (Å²) in [6.07, 6.45) is 2.16. The summed E-state index contributed by atoms with van der Waals surface area (Å²) in [7, 11) is 0. The van der Waals surface area contributed by atoms with Gasteiger partial charge in [0.1, 0.15) is 0 Å². The van der Waals surface area contributed by atoms with Gasteiger partial charge in [0.25, 0.3) is 0 Å². The van der Waals surface area contributed by atoms with E-state index in [1.54, 1.807) is 0 Å². The molecule has 5 rings (SSSR count). The SMILES string of the molecule is CC(C)Cc1ccccc1N1CN(c2ccccc2CC(C)C)[C@@H](c2ccccc2)[C@@H]1c1ccccc1. The standard InChI is InChI=1S/C35H40N2/c1-26(2)23-30-19-11-13-21-32(30)36-25-37(33-22-14-12-20-31(33)24-27(3)4)35(29-17-9-6-10-18-29)34(36)28-15-7-5-8-16-28/h5-22,26-27,34-35H,23-25H2,1-4H3/t34-,35-/m0/s1. The fourth-order valence-electron chi connectivity index (χ4n) is 5.96. The minimum absolute atomic E-state index is 0.198. The van der Waals surface area contributed by atoms with Gasteiger partial charge in [-0.2, -0.15) is 0 Å². The van der Waals surface area contributed by atoms with Crippen LogP contribution in [0.3, 0.4) is 0 Å². The Bertz CT molecular complexity index is 1180. The van der Waals surface area contributed by atoms with E-state index in [1.165, 1.54) is 33.6 Å². The Morgan fingerprint density at radius 3 is 1.24 bits per heavy atom. The Morgan fingerprint density at radius 2 is 0.865 bits per heavy atom. The summed E-state index contributed by atoms with van der Waals surface area (Å²) in [6, 6.07) is 40.7. The lowest BCUT2D eigenvalue weighted by molar-refractivity contribution is 0.606. The molecule has 4 aromatic carbocycles. The van der Waals surface area contributed by atoms with E-state index >= 15 is 0 Å². The zero-order valence-corrected chi connectivity index (χ0v) is 22.7. The monoisotopic (exact) mass is 488 g/mol. The molecular formula is C35H40N2. The molecule has 1 saturated heterocycles. The number of hydrogen-bond donors (Lipinski definition) is 0. The van der Waals surface area contributed by atoms with Crippen molar-refractivity contribution in [3.8, 4) is 0 Å². The minimum Gasteiger partial charge on any atom is -0.344 e. The Morgan fingerprint density at radius 1 is 0.514 bits per heavy atom. The second kappa shape index (κ2) is 11.3. The van der Waals surface area contributed by atoms with Crippen molar-refractivity contribution >= 4 is 11.4 Å². The fourth-order valence-corrected chi connectivity index (χ4v) is 5.96. The van der Waals surface area contributed by atoms with Crippen molar-refractivity contribution in [2.75, 3.05) is 16.5 Å². The molecule has 0 saturated carbocycles. The molecule has 2 nitrogen and oxygen atoms in total. The zero-order chi connectivity index (χ0) is 25.8. The predicted molar refractivity (Wildman–Crippen MR) is 158 cm³/mol. The average molecular weight is 489 g/mol.